The van der Waals surface area contributed by atoms with E-state index in [2.05, 4.69) is 25.4 Å². The summed E-state index contributed by atoms with van der Waals surface area (Å²) in [5.74, 6) is 0.723. The van der Waals surface area contributed by atoms with Crippen LogP contribution in [0.2, 0.25) is 5.02 Å². The van der Waals surface area contributed by atoms with E-state index in [1.165, 1.54) is 11.3 Å². The number of benzene rings is 1. The van der Waals surface area contributed by atoms with Gasteiger partial charge in [-0.1, -0.05) is 23.7 Å². The monoisotopic (exact) mass is 413 g/mol. The van der Waals surface area contributed by atoms with E-state index in [9.17, 15) is 4.79 Å². The van der Waals surface area contributed by atoms with Crippen LogP contribution in [0.15, 0.2) is 41.8 Å². The van der Waals surface area contributed by atoms with Crippen LogP contribution in [0.4, 0.5) is 10.9 Å². The third-order valence-corrected chi connectivity index (χ3v) is 5.88. The van der Waals surface area contributed by atoms with E-state index >= 15 is 0 Å². The first-order valence-corrected chi connectivity index (χ1v) is 10.4. The maximum absolute atomic E-state index is 12.6. The zero-order valence-corrected chi connectivity index (χ0v) is 17.0. The zero-order chi connectivity index (χ0) is 19.5. The molecule has 2 aromatic heterocycles. The molecule has 1 amide bonds. The standard InChI is InChI=1S/C20H20ClN5OS/c1-13-12-28-20(22-13)23-19(27)15-3-2-10-26(11-15)18-9-8-17(24-25-18)14-4-6-16(21)7-5-14/h4-9,12,15H,2-3,10-11H2,1H3,(H,22,23,27)/t15-/m1/s1. The average molecular weight is 414 g/mol. The highest BCUT2D eigenvalue weighted by Gasteiger charge is 2.27. The molecule has 3 aromatic rings. The van der Waals surface area contributed by atoms with Crippen LogP contribution < -0.4 is 10.2 Å². The fraction of sp³-hybridized carbons (Fsp3) is 0.300. The fourth-order valence-corrected chi connectivity index (χ4v) is 4.10. The van der Waals surface area contributed by atoms with Crippen molar-refractivity contribution < 1.29 is 4.79 Å². The van der Waals surface area contributed by atoms with Crippen molar-refractivity contribution in [3.05, 3.63) is 52.5 Å². The number of hydrogen-bond acceptors (Lipinski definition) is 6. The first kappa shape index (κ1) is 18.8. The molecule has 6 nitrogen and oxygen atoms in total. The molecule has 28 heavy (non-hydrogen) atoms. The van der Waals surface area contributed by atoms with Crippen LogP contribution in [0, 0.1) is 12.8 Å². The largest absolute Gasteiger partial charge is 0.354 e. The van der Waals surface area contributed by atoms with Gasteiger partial charge in [-0.25, -0.2) is 4.98 Å². The Morgan fingerprint density at radius 2 is 2.04 bits per heavy atom. The highest BCUT2D eigenvalue weighted by Crippen LogP contribution is 2.25. The van der Waals surface area contributed by atoms with Gasteiger partial charge in [0.2, 0.25) is 5.91 Å². The third kappa shape index (κ3) is 4.31. The second kappa shape index (κ2) is 8.24. The number of carbonyl (C=O) groups excluding carboxylic acids is 1. The quantitative estimate of drug-likeness (QED) is 0.685. The summed E-state index contributed by atoms with van der Waals surface area (Å²) in [6.07, 6.45) is 1.80. The van der Waals surface area contributed by atoms with Crippen molar-refractivity contribution in [3.8, 4) is 11.3 Å². The molecule has 1 aliphatic rings. The maximum atomic E-state index is 12.6. The predicted molar refractivity (Wildman–Crippen MR) is 113 cm³/mol. The van der Waals surface area contributed by atoms with Crippen molar-refractivity contribution in [2.45, 2.75) is 19.8 Å². The summed E-state index contributed by atoms with van der Waals surface area (Å²) in [7, 11) is 0. The van der Waals surface area contributed by atoms with E-state index < -0.39 is 0 Å². The normalized spacial score (nSPS) is 16.8. The summed E-state index contributed by atoms with van der Waals surface area (Å²) in [5, 5.41) is 15.0. The van der Waals surface area contributed by atoms with Gasteiger partial charge < -0.3 is 10.2 Å². The number of amides is 1. The summed E-state index contributed by atoms with van der Waals surface area (Å²) in [5.41, 5.74) is 2.69. The topological polar surface area (TPSA) is 71.0 Å². The molecule has 0 aliphatic carbocycles. The van der Waals surface area contributed by atoms with Crippen molar-refractivity contribution in [3.63, 3.8) is 0 Å². The Hall–Kier alpha value is -2.51. The fourth-order valence-electron chi connectivity index (χ4n) is 3.29. The number of halogens is 1. The van der Waals surface area contributed by atoms with Crippen LogP contribution in [0.1, 0.15) is 18.5 Å². The summed E-state index contributed by atoms with van der Waals surface area (Å²) < 4.78 is 0. The minimum Gasteiger partial charge on any atom is -0.354 e. The average Bonchev–Trinajstić information content (AvgIpc) is 3.13. The lowest BCUT2D eigenvalue weighted by Gasteiger charge is -2.32. The lowest BCUT2D eigenvalue weighted by molar-refractivity contribution is -0.120. The molecule has 0 saturated carbocycles. The van der Waals surface area contributed by atoms with Gasteiger partial charge in [-0.05, 0) is 44.0 Å². The summed E-state index contributed by atoms with van der Waals surface area (Å²) in [6, 6.07) is 11.4. The molecule has 0 spiro atoms. The third-order valence-electron chi connectivity index (χ3n) is 4.76. The van der Waals surface area contributed by atoms with Gasteiger partial charge in [0.1, 0.15) is 0 Å². The molecule has 1 N–H and O–H groups in total. The SMILES string of the molecule is Cc1csc(NC(=O)[C@@H]2CCCN(c3ccc(-c4ccc(Cl)cc4)nn3)C2)n1. The number of aryl methyl sites for hydroxylation is 1. The molecule has 1 saturated heterocycles. The number of hydrogen-bond donors (Lipinski definition) is 1. The second-order valence-corrected chi connectivity index (χ2v) is 8.15. The first-order chi connectivity index (χ1) is 13.6. The number of thiazole rings is 1. The predicted octanol–water partition coefficient (Wildman–Crippen LogP) is 4.42. The number of rotatable bonds is 4. The van der Waals surface area contributed by atoms with Gasteiger partial charge >= 0.3 is 0 Å². The molecule has 1 aromatic carbocycles. The molecule has 1 fully saturated rings. The smallest absolute Gasteiger partial charge is 0.231 e. The van der Waals surface area contributed by atoms with Crippen LogP contribution in [0.5, 0.6) is 0 Å². The van der Waals surface area contributed by atoms with Gasteiger partial charge in [0.25, 0.3) is 0 Å². The molecule has 0 unspecified atom stereocenters. The molecular formula is C20H20ClN5OS. The minimum atomic E-state index is -0.0873. The van der Waals surface area contributed by atoms with E-state index in [-0.39, 0.29) is 11.8 Å². The zero-order valence-electron chi connectivity index (χ0n) is 15.4. The second-order valence-electron chi connectivity index (χ2n) is 6.85. The summed E-state index contributed by atoms with van der Waals surface area (Å²) in [6.45, 7) is 3.42. The Morgan fingerprint density at radius 3 is 2.71 bits per heavy atom. The van der Waals surface area contributed by atoms with Crippen molar-refractivity contribution in [1.82, 2.24) is 15.2 Å². The van der Waals surface area contributed by atoms with Crippen LogP contribution in [0.3, 0.4) is 0 Å². The molecule has 1 atom stereocenters. The molecule has 0 radical (unpaired) electrons. The Labute approximate surface area is 172 Å². The molecular weight excluding hydrogens is 394 g/mol. The van der Waals surface area contributed by atoms with Crippen molar-refractivity contribution in [2.75, 3.05) is 23.3 Å². The van der Waals surface area contributed by atoms with Crippen molar-refractivity contribution in [2.24, 2.45) is 5.92 Å². The first-order valence-electron chi connectivity index (χ1n) is 9.16. The Kier molecular flexibility index (Phi) is 5.54. The van der Waals surface area contributed by atoms with Gasteiger partial charge in [-0.3, -0.25) is 4.79 Å². The lowest BCUT2D eigenvalue weighted by atomic mass is 9.97. The van der Waals surface area contributed by atoms with E-state index in [1.54, 1.807) is 0 Å². The molecule has 4 rings (SSSR count). The maximum Gasteiger partial charge on any atom is 0.231 e. The van der Waals surface area contributed by atoms with Gasteiger partial charge in [0.15, 0.2) is 10.9 Å². The van der Waals surface area contributed by atoms with Crippen LogP contribution in [-0.2, 0) is 4.79 Å². The molecule has 0 bridgehead atoms. The van der Waals surface area contributed by atoms with E-state index in [4.69, 9.17) is 11.6 Å². The number of aromatic nitrogens is 3. The van der Waals surface area contributed by atoms with Gasteiger partial charge in [-0.2, -0.15) is 0 Å². The lowest BCUT2D eigenvalue weighted by Crippen LogP contribution is -2.41. The number of piperidine rings is 1. The highest BCUT2D eigenvalue weighted by molar-refractivity contribution is 7.13. The number of nitrogens with zero attached hydrogens (tertiary/aromatic N) is 4. The van der Waals surface area contributed by atoms with Gasteiger partial charge in [0, 0.05) is 29.1 Å². The summed E-state index contributed by atoms with van der Waals surface area (Å²) in [4.78, 5) is 19.0. The Balaban J connectivity index is 1.42. The van der Waals surface area contributed by atoms with Crippen molar-refractivity contribution in [1.29, 1.82) is 0 Å². The molecule has 1 aliphatic heterocycles. The molecule has 144 valence electrons. The Bertz CT molecular complexity index is 957. The highest BCUT2D eigenvalue weighted by atomic mass is 35.5. The summed E-state index contributed by atoms with van der Waals surface area (Å²) >= 11 is 7.39. The number of nitrogens with one attached hydrogen (secondary N) is 1. The molecule has 8 heteroatoms. The van der Waals surface area contributed by atoms with Gasteiger partial charge in [0.05, 0.1) is 17.3 Å². The van der Waals surface area contributed by atoms with E-state index in [1.807, 2.05) is 48.7 Å². The molecule has 3 heterocycles. The minimum absolute atomic E-state index is 0.0183. The van der Waals surface area contributed by atoms with Crippen LogP contribution in [-0.4, -0.2) is 34.2 Å². The number of carbonyl (C=O) groups is 1. The van der Waals surface area contributed by atoms with E-state index in [0.717, 1.165) is 42.2 Å². The van der Waals surface area contributed by atoms with Crippen LogP contribution >= 0.6 is 22.9 Å². The van der Waals surface area contributed by atoms with Crippen molar-refractivity contribution >= 4 is 39.8 Å². The number of anilines is 2. The Morgan fingerprint density at radius 1 is 1.21 bits per heavy atom. The van der Waals surface area contributed by atoms with Gasteiger partial charge in [-0.15, -0.1) is 21.5 Å². The van der Waals surface area contributed by atoms with E-state index in [0.29, 0.717) is 16.7 Å². The van der Waals surface area contributed by atoms with Crippen LogP contribution in [0.25, 0.3) is 11.3 Å².